The molecule has 0 aromatic heterocycles. The van der Waals surface area contributed by atoms with Crippen LogP contribution in [0.15, 0.2) is 24.3 Å². The average molecular weight is 1110 g/mol. The third-order valence-corrected chi connectivity index (χ3v) is 17.6. The minimum atomic E-state index is -0.975. The van der Waals surface area contributed by atoms with Crippen molar-refractivity contribution in [2.45, 2.75) is 283 Å². The summed E-state index contributed by atoms with van der Waals surface area (Å²) in [6.45, 7) is 8.70. The molecule has 8 bridgehead atoms. The zero-order valence-electron chi connectivity index (χ0n) is 49.4. The lowest BCUT2D eigenvalue weighted by molar-refractivity contribution is 0.347. The van der Waals surface area contributed by atoms with Crippen molar-refractivity contribution in [3.8, 4) is 69.0 Å². The van der Waals surface area contributed by atoms with E-state index in [1.807, 2.05) is 0 Å². The van der Waals surface area contributed by atoms with Gasteiger partial charge in [-0.25, -0.2) is 0 Å². The Bertz CT molecular complexity index is 2050. The molecule has 0 aliphatic heterocycles. The summed E-state index contributed by atoms with van der Waals surface area (Å²) < 4.78 is 0. The van der Waals surface area contributed by atoms with Crippen molar-refractivity contribution in [3.63, 3.8) is 0 Å². The van der Waals surface area contributed by atoms with Crippen molar-refractivity contribution in [2.24, 2.45) is 0 Å². The smallest absolute Gasteiger partial charge is 0.200 e. The highest BCUT2D eigenvalue weighted by Gasteiger charge is 2.37. The van der Waals surface area contributed by atoms with Crippen molar-refractivity contribution in [3.05, 3.63) is 68.8 Å². The molecule has 0 amide bonds. The lowest BCUT2D eigenvalue weighted by atomic mass is 9.76. The van der Waals surface area contributed by atoms with Gasteiger partial charge in [-0.1, -0.05) is 233 Å². The predicted octanol–water partition coefficient (Wildman–Crippen LogP) is 19.1. The Morgan fingerprint density at radius 1 is 0.188 bits per heavy atom. The van der Waals surface area contributed by atoms with Gasteiger partial charge in [-0.3, -0.25) is 0 Å². The number of aromatic hydroxyl groups is 12. The molecular formula is C68H104O12. The third kappa shape index (κ3) is 17.3. The van der Waals surface area contributed by atoms with Crippen LogP contribution in [0.4, 0.5) is 0 Å². The summed E-state index contributed by atoms with van der Waals surface area (Å²) in [4.78, 5) is 0. The fourth-order valence-electron chi connectivity index (χ4n) is 12.7. The highest BCUT2D eigenvalue weighted by Crippen LogP contribution is 2.59. The second-order valence-electron chi connectivity index (χ2n) is 23.7. The van der Waals surface area contributed by atoms with Crippen molar-refractivity contribution < 1.29 is 61.3 Å². The summed E-state index contributed by atoms with van der Waals surface area (Å²) in [5.41, 5.74) is 0.888. The predicted molar refractivity (Wildman–Crippen MR) is 322 cm³/mol. The van der Waals surface area contributed by atoms with Crippen LogP contribution in [0.2, 0.25) is 0 Å². The van der Waals surface area contributed by atoms with Crippen molar-refractivity contribution in [2.75, 3.05) is 0 Å². The van der Waals surface area contributed by atoms with E-state index in [4.69, 9.17) is 0 Å². The van der Waals surface area contributed by atoms with Crippen LogP contribution in [0.1, 0.15) is 327 Å². The van der Waals surface area contributed by atoms with Gasteiger partial charge in [0.15, 0.2) is 46.0 Å². The molecule has 0 saturated carbocycles. The number of phenolic OH excluding ortho intramolecular Hbond substituents is 12. The highest BCUT2D eigenvalue weighted by molar-refractivity contribution is 5.70. The fourth-order valence-corrected chi connectivity index (χ4v) is 12.7. The van der Waals surface area contributed by atoms with Gasteiger partial charge in [-0.2, -0.15) is 0 Å². The van der Waals surface area contributed by atoms with E-state index in [9.17, 15) is 61.3 Å². The second kappa shape index (κ2) is 34.0. The van der Waals surface area contributed by atoms with E-state index in [0.29, 0.717) is 25.7 Å². The lowest BCUT2D eigenvalue weighted by Crippen LogP contribution is -2.12. The Morgan fingerprint density at radius 2 is 0.312 bits per heavy atom. The molecule has 12 nitrogen and oxygen atoms in total. The Kier molecular flexibility index (Phi) is 27.8. The van der Waals surface area contributed by atoms with Gasteiger partial charge in [0, 0.05) is 68.2 Å². The average Bonchev–Trinajstić information content (AvgIpc) is 3.54. The summed E-state index contributed by atoms with van der Waals surface area (Å²) >= 11 is 0. The Morgan fingerprint density at radius 3 is 0.450 bits per heavy atom. The summed E-state index contributed by atoms with van der Waals surface area (Å²) in [6, 6.07) is 6.28. The van der Waals surface area contributed by atoms with E-state index >= 15 is 0 Å². The molecule has 12 N–H and O–H groups in total. The maximum absolute atomic E-state index is 12.1. The van der Waals surface area contributed by atoms with Crippen LogP contribution < -0.4 is 0 Å². The molecule has 0 radical (unpaired) electrons. The van der Waals surface area contributed by atoms with E-state index in [1.165, 1.54) is 0 Å². The van der Waals surface area contributed by atoms with Crippen LogP contribution in [-0.4, -0.2) is 61.3 Å². The first-order valence-electron chi connectivity index (χ1n) is 31.8. The molecule has 0 unspecified atom stereocenters. The topological polar surface area (TPSA) is 243 Å². The lowest BCUT2D eigenvalue weighted by Gasteiger charge is -2.30. The monoisotopic (exact) mass is 1110 g/mol. The maximum atomic E-state index is 12.1. The normalized spacial score (nSPS) is 16.1. The SMILES string of the molecule is CCCCCCCCCCC1c2cc(c(O)c(O)c2O)C(CCCCCCCCCC)c2cc(c(O)c(O)c2O)C(CCCCCCCCCC)c2cc(c(O)c(O)c2O)C(CCCCCCCCCC)c2cc1c(O)c(O)c2O. The fraction of sp³-hybridized carbons (Fsp3) is 0.647. The summed E-state index contributed by atoms with van der Waals surface area (Å²) in [7, 11) is 0. The van der Waals surface area contributed by atoms with Gasteiger partial charge in [0.25, 0.3) is 0 Å². The van der Waals surface area contributed by atoms with Crippen molar-refractivity contribution in [1.82, 2.24) is 0 Å². The molecular weight excluding hydrogens is 1010 g/mol. The van der Waals surface area contributed by atoms with Gasteiger partial charge >= 0.3 is 0 Å². The first kappa shape index (κ1) is 65.3. The molecule has 1 aliphatic rings. The quantitative estimate of drug-likeness (QED) is 0.0150. The van der Waals surface area contributed by atoms with E-state index in [1.54, 1.807) is 24.3 Å². The minimum Gasteiger partial charge on any atom is -0.504 e. The second-order valence-corrected chi connectivity index (χ2v) is 23.7. The number of hydrogen-bond acceptors (Lipinski definition) is 12. The van der Waals surface area contributed by atoms with Gasteiger partial charge in [-0.15, -0.1) is 0 Å². The highest BCUT2D eigenvalue weighted by atomic mass is 16.3. The van der Waals surface area contributed by atoms with E-state index in [-0.39, 0.29) is 70.2 Å². The van der Waals surface area contributed by atoms with Crippen LogP contribution in [-0.2, 0) is 0 Å². The van der Waals surface area contributed by atoms with Crippen LogP contribution in [0.25, 0.3) is 0 Å². The molecule has 80 heavy (non-hydrogen) atoms. The van der Waals surface area contributed by atoms with E-state index in [0.717, 1.165) is 180 Å². The maximum Gasteiger partial charge on any atom is 0.200 e. The first-order valence-corrected chi connectivity index (χ1v) is 31.8. The van der Waals surface area contributed by atoms with Gasteiger partial charge in [0.1, 0.15) is 0 Å². The van der Waals surface area contributed by atoms with Crippen LogP contribution in [0, 0.1) is 0 Å². The van der Waals surface area contributed by atoms with Crippen LogP contribution >= 0.6 is 0 Å². The number of phenols is 12. The molecule has 5 rings (SSSR count). The summed E-state index contributed by atoms with van der Waals surface area (Å²) in [5.74, 6) is -12.4. The third-order valence-electron chi connectivity index (χ3n) is 17.6. The number of unbranched alkanes of at least 4 members (excludes halogenated alkanes) is 28. The van der Waals surface area contributed by atoms with Crippen LogP contribution in [0.5, 0.6) is 69.0 Å². The molecule has 4 aromatic carbocycles. The minimum absolute atomic E-state index is 0.111. The number of hydrogen-bond donors (Lipinski definition) is 12. The molecule has 0 heterocycles. The molecule has 0 fully saturated rings. The zero-order valence-corrected chi connectivity index (χ0v) is 49.4. The van der Waals surface area contributed by atoms with Gasteiger partial charge in [0.2, 0.25) is 23.0 Å². The number of fused-ring (bicyclic) bond motifs is 8. The summed E-state index contributed by atoms with van der Waals surface area (Å²) in [5, 5.41) is 145. The molecule has 448 valence electrons. The van der Waals surface area contributed by atoms with Gasteiger partial charge in [0.05, 0.1) is 0 Å². The summed E-state index contributed by atoms with van der Waals surface area (Å²) in [6.07, 6.45) is 32.4. The van der Waals surface area contributed by atoms with Crippen molar-refractivity contribution >= 4 is 0 Å². The van der Waals surface area contributed by atoms with E-state index in [2.05, 4.69) is 27.7 Å². The largest absolute Gasteiger partial charge is 0.504 e. The van der Waals surface area contributed by atoms with E-state index < -0.39 is 92.7 Å². The first-order chi connectivity index (χ1) is 38.7. The standard InChI is InChI=1S/C68H104O12/c1-5-9-13-17-21-25-29-33-37-45-49-41-51(59(71)65(77)57(49)69)46(38-34-30-26-22-18-14-10-6-2)53-43-55(63(75)67(79)61(53)73)48(40-36-32-28-24-20-16-12-8-4)56-44-54(62(74)68(80)64(56)76)47(39-35-31-27-23-19-15-11-7-3)52-42-50(45)58(70)66(78)60(52)72/h41-48,69-80H,5-40H2,1-4H3. The Labute approximate surface area is 479 Å². The molecule has 1 aliphatic carbocycles. The van der Waals surface area contributed by atoms with Gasteiger partial charge in [-0.05, 0) is 49.9 Å². The molecule has 4 aromatic rings. The van der Waals surface area contributed by atoms with Gasteiger partial charge < -0.3 is 61.3 Å². The number of rotatable bonds is 36. The molecule has 0 spiro atoms. The molecule has 12 heteroatoms. The number of benzene rings is 4. The molecule has 0 saturated heterocycles. The zero-order chi connectivity index (χ0) is 58.1. The molecule has 0 atom stereocenters. The Hall–Kier alpha value is -5.52. The van der Waals surface area contributed by atoms with Crippen LogP contribution in [0.3, 0.4) is 0 Å². The van der Waals surface area contributed by atoms with Crippen molar-refractivity contribution in [1.29, 1.82) is 0 Å². The Balaban J connectivity index is 1.83.